The Balaban J connectivity index is 2.00. The molecule has 2 amide bonds. The molecule has 2 aliphatic rings. The average Bonchev–Trinajstić information content (AvgIpc) is 2.71. The van der Waals surface area contributed by atoms with Crippen LogP contribution in [0.1, 0.15) is 63.7 Å². The molecule has 1 aromatic heterocycles. The van der Waals surface area contributed by atoms with E-state index in [0.717, 1.165) is 19.3 Å². The number of thioether (sulfide) groups is 1. The number of hydrogen-bond acceptors (Lipinski definition) is 9. The maximum absolute atomic E-state index is 13.1. The number of fused-ring (bicyclic) bond motifs is 1. The van der Waals surface area contributed by atoms with E-state index < -0.39 is 17.7 Å². The van der Waals surface area contributed by atoms with Gasteiger partial charge in [0, 0.05) is 6.20 Å². The van der Waals surface area contributed by atoms with Crippen molar-refractivity contribution in [1.82, 2.24) is 14.9 Å². The zero-order valence-electron chi connectivity index (χ0n) is 18.7. The summed E-state index contributed by atoms with van der Waals surface area (Å²) in [7, 11) is 0. The number of anilines is 1. The summed E-state index contributed by atoms with van der Waals surface area (Å²) in [6.07, 6.45) is 6.01. The molecule has 2 heterocycles. The first-order chi connectivity index (χ1) is 14.7. The van der Waals surface area contributed by atoms with Crippen LogP contribution in [-0.4, -0.2) is 69.9 Å². The van der Waals surface area contributed by atoms with Gasteiger partial charge in [0.1, 0.15) is 17.0 Å². The van der Waals surface area contributed by atoms with Gasteiger partial charge in [0.25, 0.3) is 5.91 Å². The van der Waals surface area contributed by atoms with Crippen LogP contribution in [0.5, 0.6) is 0 Å². The van der Waals surface area contributed by atoms with Crippen molar-refractivity contribution in [3.05, 3.63) is 11.8 Å². The first-order valence-electron chi connectivity index (χ1n) is 10.6. The quantitative estimate of drug-likeness (QED) is 0.388. The van der Waals surface area contributed by atoms with Gasteiger partial charge in [0.15, 0.2) is 5.16 Å². The van der Waals surface area contributed by atoms with Crippen molar-refractivity contribution in [1.29, 1.82) is 0 Å². The number of amides is 2. The van der Waals surface area contributed by atoms with Crippen LogP contribution in [0.15, 0.2) is 11.4 Å². The summed E-state index contributed by atoms with van der Waals surface area (Å²) in [5.41, 5.74) is -0.474. The Labute approximate surface area is 186 Å². The molecule has 0 unspecified atom stereocenters. The van der Waals surface area contributed by atoms with Gasteiger partial charge in [-0.2, -0.15) is 0 Å². The van der Waals surface area contributed by atoms with Gasteiger partial charge in [-0.3, -0.25) is 4.79 Å². The molecule has 3 rings (SSSR count). The number of ether oxygens (including phenoxy) is 2. The summed E-state index contributed by atoms with van der Waals surface area (Å²) >= 11 is 1.35. The molecular formula is C21H30N4O5S. The van der Waals surface area contributed by atoms with E-state index in [0.29, 0.717) is 17.4 Å². The number of carbonyl (C=O) groups excluding carboxylic acids is 3. The summed E-state index contributed by atoms with van der Waals surface area (Å²) in [6.45, 7) is 7.22. The zero-order chi connectivity index (χ0) is 22.8. The molecular weight excluding hydrogens is 420 g/mol. The molecule has 9 nitrogen and oxygen atoms in total. The summed E-state index contributed by atoms with van der Waals surface area (Å²) in [4.78, 5) is 50.5. The normalized spacial score (nSPS) is 21.5. The van der Waals surface area contributed by atoms with Gasteiger partial charge in [0.2, 0.25) is 0 Å². The fraction of sp³-hybridized carbons (Fsp3) is 0.667. The van der Waals surface area contributed by atoms with Gasteiger partial charge >= 0.3 is 12.1 Å². The smallest absolute Gasteiger partial charge is 0.417 e. The van der Waals surface area contributed by atoms with Crippen LogP contribution in [0, 0.1) is 0 Å². The number of aromatic nitrogens is 2. The van der Waals surface area contributed by atoms with Crippen LogP contribution in [0.2, 0.25) is 0 Å². The van der Waals surface area contributed by atoms with Gasteiger partial charge in [-0.1, -0.05) is 24.6 Å². The molecule has 1 aliphatic carbocycles. The first-order valence-corrected chi connectivity index (χ1v) is 11.8. The van der Waals surface area contributed by atoms with Crippen molar-refractivity contribution in [2.45, 2.75) is 76.2 Å². The van der Waals surface area contributed by atoms with E-state index in [1.54, 1.807) is 27.7 Å². The molecule has 31 heavy (non-hydrogen) atoms. The molecule has 0 bridgehead atoms. The van der Waals surface area contributed by atoms with Gasteiger partial charge in [-0.25, -0.2) is 24.5 Å². The number of rotatable bonds is 4. The summed E-state index contributed by atoms with van der Waals surface area (Å²) in [5, 5.41) is 0.498. The topological polar surface area (TPSA) is 102 Å². The van der Waals surface area contributed by atoms with Crippen LogP contribution in [-0.2, 0) is 14.3 Å². The van der Waals surface area contributed by atoms with Gasteiger partial charge < -0.3 is 14.4 Å². The van der Waals surface area contributed by atoms with Crippen LogP contribution in [0.3, 0.4) is 0 Å². The van der Waals surface area contributed by atoms with E-state index in [1.807, 2.05) is 11.2 Å². The molecule has 0 aromatic carbocycles. The lowest BCUT2D eigenvalue weighted by molar-refractivity contribution is -0.134. The molecule has 0 N–H and O–H groups in total. The van der Waals surface area contributed by atoms with E-state index in [1.165, 1.54) is 22.9 Å². The highest BCUT2D eigenvalue weighted by atomic mass is 32.2. The fourth-order valence-corrected chi connectivity index (χ4v) is 4.42. The predicted molar refractivity (Wildman–Crippen MR) is 116 cm³/mol. The first kappa shape index (κ1) is 23.3. The number of piperazine rings is 1. The van der Waals surface area contributed by atoms with Crippen LogP contribution in [0.25, 0.3) is 0 Å². The monoisotopic (exact) mass is 450 g/mol. The van der Waals surface area contributed by atoms with Crippen molar-refractivity contribution in [3.63, 3.8) is 0 Å². The highest BCUT2D eigenvalue weighted by Crippen LogP contribution is 2.36. The van der Waals surface area contributed by atoms with E-state index in [9.17, 15) is 14.4 Å². The summed E-state index contributed by atoms with van der Waals surface area (Å²) < 4.78 is 10.7. The third kappa shape index (κ3) is 5.11. The Morgan fingerprint density at radius 2 is 1.90 bits per heavy atom. The molecule has 1 saturated carbocycles. The Morgan fingerprint density at radius 3 is 2.52 bits per heavy atom. The van der Waals surface area contributed by atoms with E-state index in [4.69, 9.17) is 9.47 Å². The van der Waals surface area contributed by atoms with Crippen molar-refractivity contribution in [2.24, 2.45) is 0 Å². The van der Waals surface area contributed by atoms with Crippen LogP contribution in [0.4, 0.5) is 10.6 Å². The van der Waals surface area contributed by atoms with Crippen LogP contribution < -0.4 is 4.90 Å². The largest absolute Gasteiger partial charge is 0.462 e. The lowest BCUT2D eigenvalue weighted by Crippen LogP contribution is -2.65. The molecule has 170 valence electrons. The third-order valence-corrected chi connectivity index (χ3v) is 5.85. The second kappa shape index (κ2) is 9.42. The molecule has 1 aliphatic heterocycles. The Morgan fingerprint density at radius 1 is 1.23 bits per heavy atom. The van der Waals surface area contributed by atoms with E-state index in [-0.39, 0.29) is 36.7 Å². The standard InChI is InChI=1S/C21H30N4O5S/c1-6-29-18(27)13-11-22-19(31-5)23-17(13)24-12-16(26)25(20(28)30-21(2,3)4)15-10-8-7-9-14(15)24/h11,14-15H,6-10,12H2,1-5H3/t14-,15-/m0/s1. The Kier molecular flexibility index (Phi) is 7.08. The maximum atomic E-state index is 13.1. The van der Waals surface area contributed by atoms with Crippen LogP contribution >= 0.6 is 11.8 Å². The SMILES string of the molecule is CCOC(=O)c1cnc(SC)nc1N1CC(=O)N(C(=O)OC(C)(C)C)[C@H]2CCCC[C@@H]21. The number of imide groups is 1. The number of carbonyl (C=O) groups is 3. The van der Waals surface area contributed by atoms with E-state index in [2.05, 4.69) is 9.97 Å². The van der Waals surface area contributed by atoms with Gasteiger partial charge in [-0.05, 0) is 46.8 Å². The molecule has 0 spiro atoms. The summed E-state index contributed by atoms with van der Waals surface area (Å²) in [5.74, 6) is -0.511. The highest BCUT2D eigenvalue weighted by molar-refractivity contribution is 7.98. The highest BCUT2D eigenvalue weighted by Gasteiger charge is 2.47. The average molecular weight is 451 g/mol. The second-order valence-electron chi connectivity index (χ2n) is 8.61. The van der Waals surface area contributed by atoms with Gasteiger partial charge in [-0.15, -0.1) is 0 Å². The third-order valence-electron chi connectivity index (χ3n) is 5.29. The lowest BCUT2D eigenvalue weighted by Gasteiger charge is -2.49. The second-order valence-corrected chi connectivity index (χ2v) is 9.38. The molecule has 0 radical (unpaired) electrons. The molecule has 2 atom stereocenters. The fourth-order valence-electron chi connectivity index (χ4n) is 4.09. The zero-order valence-corrected chi connectivity index (χ0v) is 19.5. The minimum atomic E-state index is -0.699. The maximum Gasteiger partial charge on any atom is 0.417 e. The molecule has 1 saturated heterocycles. The van der Waals surface area contributed by atoms with Crippen molar-refractivity contribution in [2.75, 3.05) is 24.3 Å². The lowest BCUT2D eigenvalue weighted by atomic mass is 9.86. The number of esters is 1. The van der Waals surface area contributed by atoms with Crippen molar-refractivity contribution < 1.29 is 23.9 Å². The van der Waals surface area contributed by atoms with Crippen molar-refractivity contribution >= 4 is 35.5 Å². The van der Waals surface area contributed by atoms with E-state index >= 15 is 0 Å². The molecule has 10 heteroatoms. The number of nitrogens with zero attached hydrogens (tertiary/aromatic N) is 4. The predicted octanol–water partition coefficient (Wildman–Crippen LogP) is 3.27. The Hall–Kier alpha value is -2.36. The van der Waals surface area contributed by atoms with Crippen molar-refractivity contribution in [3.8, 4) is 0 Å². The van der Waals surface area contributed by atoms with Gasteiger partial charge in [0.05, 0.1) is 25.2 Å². The minimum absolute atomic E-state index is 0.0718. The Bertz CT molecular complexity index is 857. The summed E-state index contributed by atoms with van der Waals surface area (Å²) in [6, 6.07) is -0.496. The molecule has 1 aromatic rings. The number of hydrogen-bond donors (Lipinski definition) is 0. The molecule has 2 fully saturated rings. The minimum Gasteiger partial charge on any atom is -0.462 e.